The summed E-state index contributed by atoms with van der Waals surface area (Å²) in [5.74, 6) is -0.771. The standard InChI is InChI=1S/C13H24N2O4/c1-8(2)11(12(16)17)15-13(18)14-9(3)10-4-6-19-7-5-10/h8-11H,4-7H2,1-3H3,(H,16,17)(H2,14,15,18)/t9?,11-/m0/s1. The molecule has 0 spiro atoms. The number of carbonyl (C=O) groups is 2. The van der Waals surface area contributed by atoms with Crippen molar-refractivity contribution in [2.45, 2.75) is 45.7 Å². The Labute approximate surface area is 113 Å². The maximum atomic E-state index is 11.8. The number of rotatable bonds is 5. The molecule has 0 aliphatic carbocycles. The third-order valence-electron chi connectivity index (χ3n) is 3.55. The lowest BCUT2D eigenvalue weighted by molar-refractivity contribution is -0.140. The van der Waals surface area contributed by atoms with Crippen molar-refractivity contribution in [1.29, 1.82) is 0 Å². The van der Waals surface area contributed by atoms with E-state index in [4.69, 9.17) is 9.84 Å². The van der Waals surface area contributed by atoms with E-state index in [9.17, 15) is 9.59 Å². The number of amides is 2. The van der Waals surface area contributed by atoms with Crippen LogP contribution in [0.3, 0.4) is 0 Å². The van der Waals surface area contributed by atoms with Gasteiger partial charge in [0, 0.05) is 19.3 Å². The second-order valence-corrected chi connectivity index (χ2v) is 5.42. The number of ether oxygens (including phenoxy) is 1. The van der Waals surface area contributed by atoms with Crippen LogP contribution in [0.5, 0.6) is 0 Å². The number of carbonyl (C=O) groups excluding carboxylic acids is 1. The van der Waals surface area contributed by atoms with Gasteiger partial charge in [0.1, 0.15) is 6.04 Å². The van der Waals surface area contributed by atoms with Crippen LogP contribution in [-0.4, -0.2) is 42.4 Å². The van der Waals surface area contributed by atoms with Crippen molar-refractivity contribution < 1.29 is 19.4 Å². The first kappa shape index (κ1) is 15.8. The molecule has 1 aliphatic heterocycles. The molecule has 1 unspecified atom stereocenters. The molecule has 1 saturated heterocycles. The molecule has 2 amide bonds. The highest BCUT2D eigenvalue weighted by Crippen LogP contribution is 2.18. The Morgan fingerprint density at radius 2 is 1.74 bits per heavy atom. The smallest absolute Gasteiger partial charge is 0.326 e. The van der Waals surface area contributed by atoms with Gasteiger partial charge in [-0.2, -0.15) is 0 Å². The van der Waals surface area contributed by atoms with E-state index in [0.29, 0.717) is 5.92 Å². The molecule has 1 fully saturated rings. The van der Waals surface area contributed by atoms with E-state index in [-0.39, 0.29) is 12.0 Å². The number of hydrogen-bond acceptors (Lipinski definition) is 3. The predicted octanol–water partition coefficient (Wildman–Crippen LogP) is 1.21. The minimum Gasteiger partial charge on any atom is -0.480 e. The second kappa shape index (κ2) is 7.33. The minimum atomic E-state index is -1.01. The zero-order valence-electron chi connectivity index (χ0n) is 11.8. The van der Waals surface area contributed by atoms with Gasteiger partial charge in [-0.15, -0.1) is 0 Å². The first-order valence-electron chi connectivity index (χ1n) is 6.79. The van der Waals surface area contributed by atoms with Gasteiger partial charge in [0.25, 0.3) is 0 Å². The van der Waals surface area contributed by atoms with Crippen LogP contribution < -0.4 is 10.6 Å². The Balaban J connectivity index is 2.42. The number of hydrogen-bond donors (Lipinski definition) is 3. The highest BCUT2D eigenvalue weighted by molar-refractivity contribution is 5.82. The Morgan fingerprint density at radius 3 is 2.21 bits per heavy atom. The van der Waals surface area contributed by atoms with Gasteiger partial charge >= 0.3 is 12.0 Å². The third-order valence-corrected chi connectivity index (χ3v) is 3.55. The fraction of sp³-hybridized carbons (Fsp3) is 0.846. The van der Waals surface area contributed by atoms with Crippen molar-refractivity contribution in [1.82, 2.24) is 10.6 Å². The van der Waals surface area contributed by atoms with Gasteiger partial charge in [0.15, 0.2) is 0 Å². The Kier molecular flexibility index (Phi) is 6.08. The average molecular weight is 272 g/mol. The Hall–Kier alpha value is -1.30. The quantitative estimate of drug-likeness (QED) is 0.702. The van der Waals surface area contributed by atoms with E-state index in [1.54, 1.807) is 13.8 Å². The summed E-state index contributed by atoms with van der Waals surface area (Å²) >= 11 is 0. The summed E-state index contributed by atoms with van der Waals surface area (Å²) in [6.07, 6.45) is 1.85. The van der Waals surface area contributed by atoms with Crippen LogP contribution in [0.1, 0.15) is 33.6 Å². The van der Waals surface area contributed by atoms with Crippen LogP contribution in [0, 0.1) is 11.8 Å². The Bertz CT molecular complexity index is 314. The number of carboxylic acid groups (broad SMARTS) is 1. The van der Waals surface area contributed by atoms with E-state index in [2.05, 4.69) is 10.6 Å². The van der Waals surface area contributed by atoms with E-state index in [0.717, 1.165) is 26.1 Å². The zero-order valence-corrected chi connectivity index (χ0v) is 11.8. The van der Waals surface area contributed by atoms with Crippen LogP contribution in [-0.2, 0) is 9.53 Å². The summed E-state index contributed by atoms with van der Waals surface area (Å²) in [7, 11) is 0. The predicted molar refractivity (Wildman–Crippen MR) is 70.9 cm³/mol. The van der Waals surface area contributed by atoms with Crippen molar-refractivity contribution in [2.75, 3.05) is 13.2 Å². The monoisotopic (exact) mass is 272 g/mol. The van der Waals surface area contributed by atoms with Gasteiger partial charge in [-0.3, -0.25) is 0 Å². The lowest BCUT2D eigenvalue weighted by Crippen LogP contribution is -2.52. The van der Waals surface area contributed by atoms with E-state index in [1.807, 2.05) is 6.92 Å². The summed E-state index contributed by atoms with van der Waals surface area (Å²) in [6, 6.07) is -1.26. The van der Waals surface area contributed by atoms with Crippen molar-refractivity contribution >= 4 is 12.0 Å². The molecule has 0 saturated carbocycles. The molecule has 0 aromatic heterocycles. The van der Waals surface area contributed by atoms with Crippen LogP contribution in [0.15, 0.2) is 0 Å². The zero-order chi connectivity index (χ0) is 14.4. The van der Waals surface area contributed by atoms with Crippen molar-refractivity contribution in [2.24, 2.45) is 11.8 Å². The van der Waals surface area contributed by atoms with Gasteiger partial charge in [-0.1, -0.05) is 13.8 Å². The molecule has 2 atom stereocenters. The van der Waals surface area contributed by atoms with Gasteiger partial charge in [0.2, 0.25) is 0 Å². The molecule has 0 aromatic rings. The maximum absolute atomic E-state index is 11.8. The minimum absolute atomic E-state index is 0.0190. The van der Waals surface area contributed by atoms with E-state index >= 15 is 0 Å². The van der Waals surface area contributed by atoms with Crippen molar-refractivity contribution in [3.05, 3.63) is 0 Å². The van der Waals surface area contributed by atoms with Crippen molar-refractivity contribution in [3.8, 4) is 0 Å². The first-order chi connectivity index (χ1) is 8.91. The van der Waals surface area contributed by atoms with Crippen LogP contribution in [0.4, 0.5) is 4.79 Å². The van der Waals surface area contributed by atoms with Gasteiger partial charge in [-0.25, -0.2) is 9.59 Å². The summed E-state index contributed by atoms with van der Waals surface area (Å²) in [6.45, 7) is 6.92. The van der Waals surface area contributed by atoms with Crippen molar-refractivity contribution in [3.63, 3.8) is 0 Å². The third kappa shape index (κ3) is 5.06. The van der Waals surface area contributed by atoms with E-state index in [1.165, 1.54) is 0 Å². The number of carboxylic acids is 1. The van der Waals surface area contributed by atoms with Gasteiger partial charge in [-0.05, 0) is 31.6 Å². The first-order valence-corrected chi connectivity index (χ1v) is 6.79. The number of nitrogens with one attached hydrogen (secondary N) is 2. The largest absolute Gasteiger partial charge is 0.480 e. The fourth-order valence-corrected chi connectivity index (χ4v) is 2.24. The molecular weight excluding hydrogens is 248 g/mol. The van der Waals surface area contributed by atoms with Crippen LogP contribution in [0.25, 0.3) is 0 Å². The summed E-state index contributed by atoms with van der Waals surface area (Å²) < 4.78 is 5.28. The fourth-order valence-electron chi connectivity index (χ4n) is 2.24. The SMILES string of the molecule is CC(NC(=O)N[C@H](C(=O)O)C(C)C)C1CCOCC1. The lowest BCUT2D eigenvalue weighted by Gasteiger charge is -2.29. The molecule has 1 rings (SSSR count). The molecule has 6 heteroatoms. The van der Waals surface area contributed by atoms with Gasteiger partial charge < -0.3 is 20.5 Å². The topological polar surface area (TPSA) is 87.7 Å². The molecule has 110 valence electrons. The normalized spacial score (nSPS) is 19.8. The highest BCUT2D eigenvalue weighted by atomic mass is 16.5. The molecule has 1 heterocycles. The Morgan fingerprint density at radius 1 is 1.16 bits per heavy atom. The molecule has 0 aromatic carbocycles. The lowest BCUT2D eigenvalue weighted by atomic mass is 9.93. The molecule has 3 N–H and O–H groups in total. The molecule has 19 heavy (non-hydrogen) atoms. The summed E-state index contributed by atoms with van der Waals surface area (Å²) in [5, 5.41) is 14.3. The maximum Gasteiger partial charge on any atom is 0.326 e. The molecule has 0 bridgehead atoms. The molecule has 1 aliphatic rings. The number of aliphatic carboxylic acids is 1. The second-order valence-electron chi connectivity index (χ2n) is 5.42. The highest BCUT2D eigenvalue weighted by Gasteiger charge is 2.26. The summed E-state index contributed by atoms with van der Waals surface area (Å²) in [4.78, 5) is 22.8. The van der Waals surface area contributed by atoms with E-state index < -0.39 is 18.0 Å². The average Bonchev–Trinajstić information content (AvgIpc) is 2.36. The number of urea groups is 1. The van der Waals surface area contributed by atoms with Gasteiger partial charge in [0.05, 0.1) is 0 Å². The molecule has 0 radical (unpaired) electrons. The summed E-state index contributed by atoms with van der Waals surface area (Å²) in [5.41, 5.74) is 0. The van der Waals surface area contributed by atoms with Crippen LogP contribution in [0.2, 0.25) is 0 Å². The molecule has 6 nitrogen and oxygen atoms in total. The van der Waals surface area contributed by atoms with Crippen LogP contribution >= 0.6 is 0 Å². The molecular formula is C13H24N2O4.